The minimum absolute atomic E-state index is 0.0380. The second-order valence-corrected chi connectivity index (χ2v) is 9.16. The van der Waals surface area contributed by atoms with E-state index in [1.54, 1.807) is 25.1 Å². The Morgan fingerprint density at radius 3 is 2.91 bits per heavy atom. The van der Waals surface area contributed by atoms with Crippen molar-refractivity contribution in [1.82, 2.24) is 15.1 Å². The molecule has 0 bridgehead atoms. The van der Waals surface area contributed by atoms with Gasteiger partial charge in [-0.25, -0.2) is 0 Å². The third-order valence-corrected chi connectivity index (χ3v) is 6.45. The van der Waals surface area contributed by atoms with E-state index in [1.165, 1.54) is 0 Å². The first kappa shape index (κ1) is 22.2. The lowest BCUT2D eigenvalue weighted by atomic mass is 9.95. The van der Waals surface area contributed by atoms with Gasteiger partial charge in [0.1, 0.15) is 18.1 Å². The number of thioether (sulfide) groups is 1. The highest BCUT2D eigenvalue weighted by Crippen LogP contribution is 2.34. The molecule has 2 N–H and O–H groups in total. The Hall–Kier alpha value is -2.97. The number of ether oxygens (including phenoxy) is 2. The molecule has 2 heterocycles. The zero-order chi connectivity index (χ0) is 22.5. The predicted molar refractivity (Wildman–Crippen MR) is 128 cm³/mol. The van der Waals surface area contributed by atoms with Crippen LogP contribution in [0.15, 0.2) is 53.7 Å². The summed E-state index contributed by atoms with van der Waals surface area (Å²) in [7, 11) is 5.75. The molecule has 0 unspecified atom stereocenters. The van der Waals surface area contributed by atoms with Crippen molar-refractivity contribution < 1.29 is 14.3 Å². The number of H-pyrrole nitrogens is 1. The zero-order valence-electron chi connectivity index (χ0n) is 18.6. The van der Waals surface area contributed by atoms with Crippen molar-refractivity contribution in [2.24, 2.45) is 5.92 Å². The number of amides is 1. The van der Waals surface area contributed by atoms with Crippen molar-refractivity contribution in [2.45, 2.75) is 11.3 Å². The number of benzene rings is 2. The van der Waals surface area contributed by atoms with Crippen LogP contribution < -0.4 is 14.8 Å². The fraction of sp³-hybridized carbons (Fsp3) is 0.333. The lowest BCUT2D eigenvalue weighted by molar-refractivity contribution is -0.121. The van der Waals surface area contributed by atoms with Crippen molar-refractivity contribution in [2.75, 3.05) is 45.4 Å². The molecule has 8 heteroatoms. The van der Waals surface area contributed by atoms with Crippen LogP contribution in [0, 0.1) is 5.92 Å². The third kappa shape index (κ3) is 5.26. The monoisotopic (exact) mass is 452 g/mol. The first-order valence-corrected chi connectivity index (χ1v) is 11.5. The number of hydrogen-bond acceptors (Lipinski definition) is 6. The van der Waals surface area contributed by atoms with Gasteiger partial charge < -0.3 is 19.7 Å². The minimum Gasteiger partial charge on any atom is -0.497 e. The first-order chi connectivity index (χ1) is 15.5. The van der Waals surface area contributed by atoms with Crippen molar-refractivity contribution in [3.63, 3.8) is 0 Å². The number of carbonyl (C=O) groups excluding carboxylic acids is 1. The second-order valence-electron chi connectivity index (χ2n) is 8.02. The number of rotatable bonds is 8. The molecule has 4 rings (SSSR count). The molecule has 0 fully saturated rings. The van der Waals surface area contributed by atoms with E-state index in [4.69, 9.17) is 9.47 Å². The Kier molecular flexibility index (Phi) is 7.02. The van der Waals surface area contributed by atoms with Crippen LogP contribution in [0.4, 0.5) is 5.69 Å². The smallest absolute Gasteiger partial charge is 0.231 e. The number of nitrogens with zero attached hydrogens (tertiary/aromatic N) is 2. The summed E-state index contributed by atoms with van der Waals surface area (Å²) in [6.45, 7) is 1.31. The van der Waals surface area contributed by atoms with Crippen LogP contribution in [-0.2, 0) is 11.2 Å². The lowest BCUT2D eigenvalue weighted by Crippen LogP contribution is -2.32. The van der Waals surface area contributed by atoms with Crippen LogP contribution in [0.2, 0.25) is 0 Å². The van der Waals surface area contributed by atoms with E-state index in [-0.39, 0.29) is 11.8 Å². The van der Waals surface area contributed by atoms with Crippen molar-refractivity contribution >= 4 is 23.4 Å². The number of fused-ring (bicyclic) bond motifs is 1. The molecule has 0 aliphatic carbocycles. The van der Waals surface area contributed by atoms with Crippen molar-refractivity contribution in [1.29, 1.82) is 0 Å². The molecule has 1 aliphatic heterocycles. The molecule has 7 nitrogen and oxygen atoms in total. The molecule has 0 radical (unpaired) electrons. The number of hydrogen-bond donors (Lipinski definition) is 2. The topological polar surface area (TPSA) is 79.5 Å². The summed E-state index contributed by atoms with van der Waals surface area (Å²) in [6.07, 6.45) is 4.29. The summed E-state index contributed by atoms with van der Waals surface area (Å²) in [5.41, 5.74) is 3.89. The van der Waals surface area contributed by atoms with E-state index in [1.807, 2.05) is 36.5 Å². The minimum atomic E-state index is -0.261. The molecule has 1 amide bonds. The molecular weight excluding hydrogens is 424 g/mol. The molecule has 0 saturated heterocycles. The van der Waals surface area contributed by atoms with E-state index in [0.717, 1.165) is 51.1 Å². The molecule has 32 heavy (non-hydrogen) atoms. The van der Waals surface area contributed by atoms with E-state index in [2.05, 4.69) is 40.6 Å². The normalized spacial score (nSPS) is 15.2. The highest BCUT2D eigenvalue weighted by molar-refractivity contribution is 7.99. The van der Waals surface area contributed by atoms with Crippen LogP contribution in [0.3, 0.4) is 0 Å². The van der Waals surface area contributed by atoms with Crippen molar-refractivity contribution in [3.8, 4) is 22.6 Å². The number of methoxy groups -OCH3 is 1. The largest absolute Gasteiger partial charge is 0.497 e. The van der Waals surface area contributed by atoms with E-state index in [9.17, 15) is 4.79 Å². The molecule has 3 aromatic rings. The van der Waals surface area contributed by atoms with Crippen LogP contribution in [0.5, 0.6) is 11.5 Å². The Labute approximate surface area is 192 Å². The summed E-state index contributed by atoms with van der Waals surface area (Å²) in [4.78, 5) is 16.3. The van der Waals surface area contributed by atoms with Crippen LogP contribution in [0.25, 0.3) is 11.1 Å². The zero-order valence-corrected chi connectivity index (χ0v) is 19.4. The fourth-order valence-corrected chi connectivity index (χ4v) is 4.73. The average Bonchev–Trinajstić information content (AvgIpc) is 3.34. The Morgan fingerprint density at radius 2 is 2.16 bits per heavy atom. The second kappa shape index (κ2) is 10.1. The summed E-state index contributed by atoms with van der Waals surface area (Å²) in [6, 6.07) is 11.8. The van der Waals surface area contributed by atoms with Crippen LogP contribution >= 0.6 is 11.8 Å². The fourth-order valence-electron chi connectivity index (χ4n) is 3.57. The summed E-state index contributed by atoms with van der Waals surface area (Å²) in [5.74, 6) is 2.21. The molecular formula is C24H28N4O3S. The summed E-state index contributed by atoms with van der Waals surface area (Å²) >= 11 is 1.73. The van der Waals surface area contributed by atoms with Gasteiger partial charge in [-0.15, -0.1) is 11.8 Å². The summed E-state index contributed by atoms with van der Waals surface area (Å²) < 4.78 is 11.2. The van der Waals surface area contributed by atoms with Gasteiger partial charge in [0.15, 0.2) is 0 Å². The highest BCUT2D eigenvalue weighted by Gasteiger charge is 2.27. The standard InChI is InChI=1S/C24H28N4O3S/c1-28(2)8-9-32-23-12-16(19-13-25-26-14-19)4-6-21(23)27-24(29)18-10-17-11-20(30-3)5-7-22(17)31-15-18/h4-7,11-14,18H,8-10,15H2,1-3H3,(H,25,26)(H,27,29)/t18-/m0/s1. The molecule has 168 valence electrons. The maximum Gasteiger partial charge on any atom is 0.231 e. The van der Waals surface area contributed by atoms with E-state index >= 15 is 0 Å². The van der Waals surface area contributed by atoms with Crippen LogP contribution in [-0.4, -0.2) is 61.1 Å². The van der Waals surface area contributed by atoms with Gasteiger partial charge in [-0.3, -0.25) is 9.89 Å². The highest BCUT2D eigenvalue weighted by atomic mass is 32.2. The maximum atomic E-state index is 13.1. The first-order valence-electron chi connectivity index (χ1n) is 10.5. The molecule has 1 aliphatic rings. The lowest BCUT2D eigenvalue weighted by Gasteiger charge is -2.25. The molecule has 0 spiro atoms. The third-order valence-electron chi connectivity index (χ3n) is 5.41. The number of aromatic amines is 1. The average molecular weight is 453 g/mol. The van der Waals surface area contributed by atoms with Gasteiger partial charge >= 0.3 is 0 Å². The number of nitrogens with one attached hydrogen (secondary N) is 2. The van der Waals surface area contributed by atoms with Gasteiger partial charge in [-0.1, -0.05) is 6.07 Å². The van der Waals surface area contributed by atoms with E-state index < -0.39 is 0 Å². The van der Waals surface area contributed by atoms with Crippen molar-refractivity contribution in [3.05, 3.63) is 54.4 Å². The number of aromatic nitrogens is 2. The van der Waals surface area contributed by atoms with Gasteiger partial charge in [0.05, 0.1) is 24.9 Å². The number of anilines is 1. The van der Waals surface area contributed by atoms with Gasteiger partial charge in [0, 0.05) is 29.0 Å². The van der Waals surface area contributed by atoms with Gasteiger partial charge in [0.25, 0.3) is 0 Å². The predicted octanol–water partition coefficient (Wildman–Crippen LogP) is 3.93. The molecule has 1 atom stereocenters. The Bertz CT molecular complexity index is 1070. The van der Waals surface area contributed by atoms with Gasteiger partial charge in [0.2, 0.25) is 5.91 Å². The quantitative estimate of drug-likeness (QED) is 0.504. The molecule has 1 aromatic heterocycles. The summed E-state index contributed by atoms with van der Waals surface area (Å²) in [5, 5.41) is 10.0. The Morgan fingerprint density at radius 1 is 1.28 bits per heavy atom. The van der Waals surface area contributed by atoms with E-state index in [0.29, 0.717) is 13.0 Å². The SMILES string of the molecule is COc1ccc2c(c1)C[C@H](C(=O)Nc1ccc(-c3cn[nH]c3)cc1SCCN(C)C)CO2. The maximum absolute atomic E-state index is 13.1. The number of carbonyl (C=O) groups is 1. The van der Waals surface area contributed by atoms with Gasteiger partial charge in [-0.2, -0.15) is 5.10 Å². The molecule has 0 saturated carbocycles. The Balaban J connectivity index is 1.51. The van der Waals surface area contributed by atoms with Crippen LogP contribution in [0.1, 0.15) is 5.56 Å². The van der Waals surface area contributed by atoms with Gasteiger partial charge in [-0.05, 0) is 62.0 Å². The molecule has 2 aromatic carbocycles.